The number of fused-ring (bicyclic) bond motifs is 1. The molecule has 0 aromatic rings. The highest BCUT2D eigenvalue weighted by Crippen LogP contribution is 2.48. The van der Waals surface area contributed by atoms with Crippen molar-refractivity contribution >= 4 is 0 Å². The summed E-state index contributed by atoms with van der Waals surface area (Å²) in [4.78, 5) is 0. The Hall–Kier alpha value is -0.0400. The van der Waals surface area contributed by atoms with Gasteiger partial charge in [-0.05, 0) is 38.6 Å². The van der Waals surface area contributed by atoms with Crippen LogP contribution in [0.1, 0.15) is 26.2 Å². The van der Waals surface area contributed by atoms with Crippen LogP contribution in [-0.4, -0.2) is 12.1 Å². The minimum absolute atomic E-state index is 0.595. The Kier molecular flexibility index (Phi) is 0.762. The zero-order valence-corrected chi connectivity index (χ0v) is 5.41. The summed E-state index contributed by atoms with van der Waals surface area (Å²) in [5, 5.41) is 3.53. The molecule has 1 aliphatic heterocycles. The molecule has 1 heterocycles. The van der Waals surface area contributed by atoms with Gasteiger partial charge in [0.1, 0.15) is 0 Å². The Morgan fingerprint density at radius 1 is 1.62 bits per heavy atom. The van der Waals surface area contributed by atoms with E-state index in [0.29, 0.717) is 5.54 Å². The highest BCUT2D eigenvalue weighted by molar-refractivity contribution is 5.08. The summed E-state index contributed by atoms with van der Waals surface area (Å²) in [5.41, 5.74) is 0.595. The molecule has 1 heteroatoms. The first-order chi connectivity index (χ1) is 3.81. The van der Waals surface area contributed by atoms with Crippen LogP contribution < -0.4 is 5.32 Å². The van der Waals surface area contributed by atoms with Gasteiger partial charge < -0.3 is 5.32 Å². The van der Waals surface area contributed by atoms with Crippen LogP contribution in [0.2, 0.25) is 0 Å². The van der Waals surface area contributed by atoms with Crippen molar-refractivity contribution in [2.24, 2.45) is 5.92 Å². The predicted octanol–water partition coefficient (Wildman–Crippen LogP) is 1.15. The molecule has 2 aliphatic rings. The van der Waals surface area contributed by atoms with Crippen LogP contribution in [0.5, 0.6) is 0 Å². The van der Waals surface area contributed by atoms with Crippen molar-refractivity contribution in [3.8, 4) is 0 Å². The maximum atomic E-state index is 3.53. The van der Waals surface area contributed by atoms with Gasteiger partial charge in [-0.15, -0.1) is 0 Å². The van der Waals surface area contributed by atoms with Gasteiger partial charge in [0.05, 0.1) is 0 Å². The zero-order chi connectivity index (χ0) is 5.61. The molecule has 1 saturated carbocycles. The average molecular weight is 111 g/mol. The van der Waals surface area contributed by atoms with Crippen molar-refractivity contribution in [1.29, 1.82) is 0 Å². The van der Waals surface area contributed by atoms with E-state index in [9.17, 15) is 0 Å². The highest BCUT2D eigenvalue weighted by atomic mass is 15.0. The molecule has 0 radical (unpaired) electrons. The van der Waals surface area contributed by atoms with Gasteiger partial charge in [0.25, 0.3) is 0 Å². The predicted molar refractivity (Wildman–Crippen MR) is 33.7 cm³/mol. The third-order valence-electron chi connectivity index (χ3n) is 2.67. The lowest BCUT2D eigenvalue weighted by atomic mass is 10.1. The summed E-state index contributed by atoms with van der Waals surface area (Å²) in [6.07, 6.45) is 4.32. The summed E-state index contributed by atoms with van der Waals surface area (Å²) in [6, 6.07) is 0. The van der Waals surface area contributed by atoms with Crippen molar-refractivity contribution < 1.29 is 0 Å². The molecule has 2 rings (SSSR count). The van der Waals surface area contributed by atoms with Crippen molar-refractivity contribution in [3.05, 3.63) is 0 Å². The van der Waals surface area contributed by atoms with E-state index in [0.717, 1.165) is 5.92 Å². The second kappa shape index (κ2) is 1.27. The molecular weight excluding hydrogens is 98.1 g/mol. The van der Waals surface area contributed by atoms with Gasteiger partial charge in [0, 0.05) is 5.54 Å². The van der Waals surface area contributed by atoms with E-state index in [2.05, 4.69) is 12.2 Å². The molecule has 1 N–H and O–H groups in total. The second-order valence-electron chi connectivity index (χ2n) is 3.39. The maximum absolute atomic E-state index is 3.53. The number of nitrogens with one attached hydrogen (secondary N) is 1. The van der Waals surface area contributed by atoms with Crippen molar-refractivity contribution in [2.75, 3.05) is 6.54 Å². The molecule has 1 saturated heterocycles. The molecule has 46 valence electrons. The van der Waals surface area contributed by atoms with Gasteiger partial charge in [0.2, 0.25) is 0 Å². The largest absolute Gasteiger partial charge is 0.311 e. The van der Waals surface area contributed by atoms with Gasteiger partial charge in [-0.3, -0.25) is 0 Å². The fourth-order valence-electron chi connectivity index (χ4n) is 1.81. The average Bonchev–Trinajstić information content (AvgIpc) is 2.39. The van der Waals surface area contributed by atoms with Crippen molar-refractivity contribution in [1.82, 2.24) is 5.32 Å². The molecule has 2 atom stereocenters. The molecule has 2 fully saturated rings. The quantitative estimate of drug-likeness (QED) is 0.494. The maximum Gasteiger partial charge on any atom is 0.0185 e. The summed E-state index contributed by atoms with van der Waals surface area (Å²) in [7, 11) is 0. The first-order valence-corrected chi connectivity index (χ1v) is 3.56. The molecule has 0 amide bonds. The fourth-order valence-corrected chi connectivity index (χ4v) is 1.81. The van der Waals surface area contributed by atoms with E-state index in [1.807, 2.05) is 0 Å². The van der Waals surface area contributed by atoms with Gasteiger partial charge in [-0.2, -0.15) is 0 Å². The normalized spacial score (nSPS) is 52.9. The van der Waals surface area contributed by atoms with Crippen LogP contribution in [0.15, 0.2) is 0 Å². The van der Waals surface area contributed by atoms with E-state index >= 15 is 0 Å². The molecule has 0 aromatic heterocycles. The Labute approximate surface area is 50.5 Å². The molecule has 8 heavy (non-hydrogen) atoms. The lowest BCUT2D eigenvalue weighted by Gasteiger charge is -2.18. The number of piperidine rings is 1. The molecule has 0 aromatic carbocycles. The Balaban J connectivity index is 2.04. The van der Waals surface area contributed by atoms with Crippen molar-refractivity contribution in [3.63, 3.8) is 0 Å². The third-order valence-corrected chi connectivity index (χ3v) is 2.67. The first kappa shape index (κ1) is 4.80. The number of hydrogen-bond donors (Lipinski definition) is 1. The van der Waals surface area contributed by atoms with E-state index in [1.165, 1.54) is 25.8 Å². The second-order valence-corrected chi connectivity index (χ2v) is 3.39. The van der Waals surface area contributed by atoms with E-state index in [-0.39, 0.29) is 0 Å². The minimum Gasteiger partial charge on any atom is -0.311 e. The highest BCUT2D eigenvalue weighted by Gasteiger charge is 2.50. The number of hydrogen-bond acceptors (Lipinski definition) is 1. The van der Waals surface area contributed by atoms with E-state index in [1.54, 1.807) is 0 Å². The van der Waals surface area contributed by atoms with Crippen LogP contribution in [0.4, 0.5) is 0 Å². The van der Waals surface area contributed by atoms with E-state index < -0.39 is 0 Å². The Morgan fingerprint density at radius 2 is 2.50 bits per heavy atom. The minimum atomic E-state index is 0.595. The van der Waals surface area contributed by atoms with Crippen molar-refractivity contribution in [2.45, 2.75) is 31.7 Å². The summed E-state index contributed by atoms with van der Waals surface area (Å²) >= 11 is 0. The Bertz CT molecular complexity index is 109. The summed E-state index contributed by atoms with van der Waals surface area (Å²) in [5.74, 6) is 1.04. The van der Waals surface area contributed by atoms with Crippen LogP contribution in [0.3, 0.4) is 0 Å². The monoisotopic (exact) mass is 111 g/mol. The van der Waals surface area contributed by atoms with Crippen LogP contribution in [0, 0.1) is 5.92 Å². The molecule has 0 unspecified atom stereocenters. The lowest BCUT2D eigenvalue weighted by molar-refractivity contribution is 0.410. The summed E-state index contributed by atoms with van der Waals surface area (Å²) in [6.45, 7) is 3.60. The SMILES string of the molecule is C[C@]12C[C@H]1CCCN2. The zero-order valence-electron chi connectivity index (χ0n) is 5.41. The summed E-state index contributed by atoms with van der Waals surface area (Å²) < 4.78 is 0. The molecule has 1 nitrogen and oxygen atoms in total. The molecule has 1 aliphatic carbocycles. The Morgan fingerprint density at radius 3 is 3.00 bits per heavy atom. The number of rotatable bonds is 0. The van der Waals surface area contributed by atoms with Gasteiger partial charge in [-0.25, -0.2) is 0 Å². The first-order valence-electron chi connectivity index (χ1n) is 3.56. The molecule has 0 bridgehead atoms. The van der Waals surface area contributed by atoms with Crippen LogP contribution >= 0.6 is 0 Å². The third kappa shape index (κ3) is 0.510. The van der Waals surface area contributed by atoms with Gasteiger partial charge in [0.15, 0.2) is 0 Å². The van der Waals surface area contributed by atoms with Gasteiger partial charge >= 0.3 is 0 Å². The van der Waals surface area contributed by atoms with Gasteiger partial charge in [-0.1, -0.05) is 0 Å². The topological polar surface area (TPSA) is 12.0 Å². The smallest absolute Gasteiger partial charge is 0.0185 e. The molecule has 0 spiro atoms. The van der Waals surface area contributed by atoms with Crippen LogP contribution in [0.25, 0.3) is 0 Å². The fraction of sp³-hybridized carbons (Fsp3) is 1.00. The molecular formula is C7H13N. The standard InChI is InChI=1S/C7H13N/c1-7-5-6(7)3-2-4-8-7/h6,8H,2-5H2,1H3/t6-,7+/m1/s1. The van der Waals surface area contributed by atoms with Crippen LogP contribution in [-0.2, 0) is 0 Å². The van der Waals surface area contributed by atoms with E-state index in [4.69, 9.17) is 0 Å². The lowest BCUT2D eigenvalue weighted by Crippen LogP contribution is -2.34.